The van der Waals surface area contributed by atoms with Gasteiger partial charge in [-0.1, -0.05) is 0 Å². The van der Waals surface area contributed by atoms with Crippen LogP contribution >= 0.6 is 0 Å². The number of hydrogen-bond donors (Lipinski definition) is 1. The molecule has 3 rings (SSSR count). The SMILES string of the molecule is Cc1nc(CC2CCCN(c3ccncn3)C2)cc(C(N)=O)n1. The standard InChI is InChI=1S/C16H20N6O/c1-11-20-13(8-14(21-11)16(17)23)7-12-3-2-6-22(9-12)15-4-5-18-10-19-15/h4-5,8,10,12H,2-3,6-7,9H2,1H3,(H2,17,23). The number of aromatic nitrogens is 4. The molecule has 1 unspecified atom stereocenters. The second-order valence-corrected chi connectivity index (χ2v) is 5.88. The highest BCUT2D eigenvalue weighted by molar-refractivity contribution is 5.90. The topological polar surface area (TPSA) is 97.9 Å². The summed E-state index contributed by atoms with van der Waals surface area (Å²) in [5, 5.41) is 0. The summed E-state index contributed by atoms with van der Waals surface area (Å²) < 4.78 is 0. The molecule has 0 aliphatic carbocycles. The van der Waals surface area contributed by atoms with Crippen LogP contribution in [0, 0.1) is 12.8 Å². The van der Waals surface area contributed by atoms with Gasteiger partial charge in [0, 0.05) is 25.0 Å². The van der Waals surface area contributed by atoms with Gasteiger partial charge >= 0.3 is 0 Å². The number of hydrogen-bond acceptors (Lipinski definition) is 6. The third kappa shape index (κ3) is 3.80. The van der Waals surface area contributed by atoms with E-state index in [0.29, 0.717) is 11.7 Å². The maximum Gasteiger partial charge on any atom is 0.267 e. The minimum atomic E-state index is -0.511. The van der Waals surface area contributed by atoms with Gasteiger partial charge in [0.2, 0.25) is 0 Å². The minimum Gasteiger partial charge on any atom is -0.364 e. The van der Waals surface area contributed by atoms with Crippen LogP contribution < -0.4 is 10.6 Å². The van der Waals surface area contributed by atoms with Gasteiger partial charge in [0.1, 0.15) is 23.7 Å². The Hall–Kier alpha value is -2.57. The summed E-state index contributed by atoms with van der Waals surface area (Å²) in [4.78, 5) is 30.4. The minimum absolute atomic E-state index is 0.288. The summed E-state index contributed by atoms with van der Waals surface area (Å²) in [7, 11) is 0. The number of piperidine rings is 1. The molecule has 1 amide bonds. The molecule has 1 saturated heterocycles. The summed E-state index contributed by atoms with van der Waals surface area (Å²) in [6.07, 6.45) is 6.40. The Balaban J connectivity index is 1.72. The molecule has 3 heterocycles. The molecule has 2 N–H and O–H groups in total. The van der Waals surface area contributed by atoms with Crippen LogP contribution in [-0.4, -0.2) is 38.9 Å². The number of nitrogens with two attached hydrogens (primary N) is 1. The highest BCUT2D eigenvalue weighted by atomic mass is 16.1. The Bertz CT molecular complexity index is 690. The number of primary amides is 1. The van der Waals surface area contributed by atoms with Crippen molar-refractivity contribution in [3.8, 4) is 0 Å². The molecule has 0 aromatic carbocycles. The van der Waals surface area contributed by atoms with Gasteiger partial charge in [-0.2, -0.15) is 0 Å². The number of carbonyl (C=O) groups excluding carboxylic acids is 1. The van der Waals surface area contributed by atoms with Gasteiger partial charge in [-0.05, 0) is 44.2 Å². The van der Waals surface area contributed by atoms with Crippen LogP contribution in [-0.2, 0) is 6.42 Å². The number of amides is 1. The first-order chi connectivity index (χ1) is 11.1. The summed E-state index contributed by atoms with van der Waals surface area (Å²) in [6.45, 7) is 3.71. The van der Waals surface area contributed by atoms with Crippen molar-refractivity contribution in [2.24, 2.45) is 11.7 Å². The Morgan fingerprint density at radius 2 is 2.30 bits per heavy atom. The molecule has 120 valence electrons. The van der Waals surface area contributed by atoms with Crippen LogP contribution in [0.15, 0.2) is 24.7 Å². The molecule has 0 bridgehead atoms. The first kappa shape index (κ1) is 15.3. The Morgan fingerprint density at radius 1 is 1.43 bits per heavy atom. The van der Waals surface area contributed by atoms with Crippen LogP contribution in [0.1, 0.15) is 34.8 Å². The van der Waals surface area contributed by atoms with E-state index in [0.717, 1.165) is 43.9 Å². The van der Waals surface area contributed by atoms with Crippen LogP contribution in [0.3, 0.4) is 0 Å². The van der Waals surface area contributed by atoms with Gasteiger partial charge in [-0.25, -0.2) is 19.9 Å². The van der Waals surface area contributed by atoms with E-state index < -0.39 is 5.91 Å². The quantitative estimate of drug-likeness (QED) is 0.909. The lowest BCUT2D eigenvalue weighted by molar-refractivity contribution is 0.0995. The zero-order valence-corrected chi connectivity index (χ0v) is 13.1. The smallest absolute Gasteiger partial charge is 0.267 e. The first-order valence-electron chi connectivity index (χ1n) is 7.77. The molecule has 1 aliphatic heterocycles. The lowest BCUT2D eigenvalue weighted by atomic mass is 9.93. The van der Waals surface area contributed by atoms with E-state index in [1.807, 2.05) is 6.07 Å². The zero-order valence-electron chi connectivity index (χ0n) is 13.1. The van der Waals surface area contributed by atoms with Crippen molar-refractivity contribution in [2.45, 2.75) is 26.2 Å². The molecule has 2 aromatic heterocycles. The molecule has 0 radical (unpaired) electrons. The molecule has 0 spiro atoms. The lowest BCUT2D eigenvalue weighted by Gasteiger charge is -2.33. The molecule has 7 heteroatoms. The van der Waals surface area contributed by atoms with Crippen molar-refractivity contribution in [3.63, 3.8) is 0 Å². The highest BCUT2D eigenvalue weighted by Gasteiger charge is 2.22. The molecule has 2 aromatic rings. The molecular formula is C16H20N6O. The number of anilines is 1. The van der Waals surface area contributed by atoms with Crippen LogP contribution in [0.5, 0.6) is 0 Å². The second-order valence-electron chi connectivity index (χ2n) is 5.88. The van der Waals surface area contributed by atoms with Crippen molar-refractivity contribution >= 4 is 11.7 Å². The third-order valence-electron chi connectivity index (χ3n) is 4.05. The maximum absolute atomic E-state index is 11.3. The van der Waals surface area contributed by atoms with Crippen molar-refractivity contribution < 1.29 is 4.79 Å². The van der Waals surface area contributed by atoms with E-state index in [1.165, 1.54) is 0 Å². The van der Waals surface area contributed by atoms with Gasteiger partial charge in [-0.3, -0.25) is 4.79 Å². The number of rotatable bonds is 4. The summed E-state index contributed by atoms with van der Waals surface area (Å²) >= 11 is 0. The zero-order chi connectivity index (χ0) is 16.2. The lowest BCUT2D eigenvalue weighted by Crippen LogP contribution is -2.37. The Kier molecular flexibility index (Phi) is 4.45. The van der Waals surface area contributed by atoms with Gasteiger partial charge in [-0.15, -0.1) is 0 Å². The molecule has 7 nitrogen and oxygen atoms in total. The Morgan fingerprint density at radius 3 is 3.04 bits per heavy atom. The molecule has 23 heavy (non-hydrogen) atoms. The largest absolute Gasteiger partial charge is 0.364 e. The number of carbonyl (C=O) groups is 1. The van der Waals surface area contributed by atoms with E-state index in [9.17, 15) is 4.79 Å². The molecule has 1 atom stereocenters. The molecular weight excluding hydrogens is 292 g/mol. The van der Waals surface area contributed by atoms with Crippen molar-refractivity contribution in [3.05, 3.63) is 41.9 Å². The monoisotopic (exact) mass is 312 g/mol. The van der Waals surface area contributed by atoms with Crippen LogP contribution in [0.25, 0.3) is 0 Å². The van der Waals surface area contributed by atoms with Gasteiger partial charge in [0.05, 0.1) is 0 Å². The number of nitrogens with zero attached hydrogens (tertiary/aromatic N) is 5. The third-order valence-corrected chi connectivity index (χ3v) is 4.05. The van der Waals surface area contributed by atoms with Gasteiger partial charge in [0.15, 0.2) is 0 Å². The molecule has 1 aliphatic rings. The van der Waals surface area contributed by atoms with Crippen LogP contribution in [0.4, 0.5) is 5.82 Å². The van der Waals surface area contributed by atoms with E-state index in [2.05, 4.69) is 24.8 Å². The fourth-order valence-electron chi connectivity index (χ4n) is 3.07. The highest BCUT2D eigenvalue weighted by Crippen LogP contribution is 2.23. The summed E-state index contributed by atoms with van der Waals surface area (Å²) in [5.41, 5.74) is 6.49. The average molecular weight is 312 g/mol. The second kappa shape index (κ2) is 6.68. The fraction of sp³-hybridized carbons (Fsp3) is 0.438. The summed E-state index contributed by atoms with van der Waals surface area (Å²) in [6, 6.07) is 3.64. The average Bonchev–Trinajstić information content (AvgIpc) is 2.55. The van der Waals surface area contributed by atoms with E-state index in [1.54, 1.807) is 25.5 Å². The van der Waals surface area contributed by atoms with Crippen molar-refractivity contribution in [1.29, 1.82) is 0 Å². The van der Waals surface area contributed by atoms with Crippen LogP contribution in [0.2, 0.25) is 0 Å². The van der Waals surface area contributed by atoms with Gasteiger partial charge in [0.25, 0.3) is 5.91 Å². The number of aryl methyl sites for hydroxylation is 1. The van der Waals surface area contributed by atoms with Crippen molar-refractivity contribution in [2.75, 3.05) is 18.0 Å². The normalized spacial score (nSPS) is 18.0. The van der Waals surface area contributed by atoms with E-state index in [4.69, 9.17) is 5.73 Å². The predicted molar refractivity (Wildman–Crippen MR) is 86.0 cm³/mol. The van der Waals surface area contributed by atoms with Crippen molar-refractivity contribution in [1.82, 2.24) is 19.9 Å². The van der Waals surface area contributed by atoms with Gasteiger partial charge < -0.3 is 10.6 Å². The first-order valence-corrected chi connectivity index (χ1v) is 7.77. The van der Waals surface area contributed by atoms with E-state index >= 15 is 0 Å². The fourth-order valence-corrected chi connectivity index (χ4v) is 3.07. The molecule has 0 saturated carbocycles. The predicted octanol–water partition coefficient (Wildman–Crippen LogP) is 1.13. The summed E-state index contributed by atoms with van der Waals surface area (Å²) in [5.74, 6) is 1.50. The maximum atomic E-state index is 11.3. The Labute approximate surface area is 135 Å². The molecule has 1 fully saturated rings. The van der Waals surface area contributed by atoms with E-state index in [-0.39, 0.29) is 5.69 Å².